The van der Waals surface area contributed by atoms with Gasteiger partial charge in [-0.2, -0.15) is 22.0 Å². The lowest BCUT2D eigenvalue weighted by Gasteiger charge is -2.21. The van der Waals surface area contributed by atoms with E-state index in [-0.39, 0.29) is 5.56 Å². The highest BCUT2D eigenvalue weighted by molar-refractivity contribution is 5.25. The lowest BCUT2D eigenvalue weighted by atomic mass is 10.0. The predicted molar refractivity (Wildman–Crippen MR) is 50.4 cm³/mol. The molecular formula is C11H7F7. The molecule has 7 heteroatoms. The molecule has 1 rings (SSSR count). The molecule has 1 aromatic carbocycles. The summed E-state index contributed by atoms with van der Waals surface area (Å²) in [5, 5.41) is 0. The molecule has 0 aliphatic rings. The molecule has 0 aliphatic carbocycles. The topological polar surface area (TPSA) is 0 Å². The molecule has 0 amide bonds. The fraction of sp³-hybridized carbons (Fsp3) is 0.273. The minimum atomic E-state index is -5.77. The van der Waals surface area contributed by atoms with Crippen LogP contribution in [-0.4, -0.2) is 12.1 Å². The van der Waals surface area contributed by atoms with E-state index >= 15 is 0 Å². The van der Waals surface area contributed by atoms with E-state index in [1.807, 2.05) is 0 Å². The number of benzene rings is 1. The van der Waals surface area contributed by atoms with E-state index < -0.39 is 30.2 Å². The van der Waals surface area contributed by atoms with Crippen LogP contribution >= 0.6 is 0 Å². The van der Waals surface area contributed by atoms with E-state index in [0.717, 1.165) is 12.1 Å². The Kier molecular flexibility index (Phi) is 4.03. The second-order valence-corrected chi connectivity index (χ2v) is 3.50. The third-order valence-corrected chi connectivity index (χ3v) is 2.11. The van der Waals surface area contributed by atoms with Gasteiger partial charge in [0.1, 0.15) is 0 Å². The Hall–Kier alpha value is -1.53. The fourth-order valence-electron chi connectivity index (χ4n) is 1.39. The minimum Gasteiger partial charge on any atom is -0.201 e. The number of alkyl halides is 5. The van der Waals surface area contributed by atoms with Crippen LogP contribution in [0, 0.1) is 0 Å². The van der Waals surface area contributed by atoms with Gasteiger partial charge in [0.25, 0.3) is 12.0 Å². The molecule has 0 saturated heterocycles. The molecule has 0 N–H and O–H groups in total. The maximum Gasteiger partial charge on any atom is 0.423 e. The lowest BCUT2D eigenvalue weighted by Crippen LogP contribution is -2.33. The van der Waals surface area contributed by atoms with Crippen molar-refractivity contribution in [1.29, 1.82) is 0 Å². The molecule has 0 heterocycles. The van der Waals surface area contributed by atoms with Crippen LogP contribution in [0.5, 0.6) is 0 Å². The van der Waals surface area contributed by atoms with Gasteiger partial charge in [-0.15, -0.1) is 0 Å². The Morgan fingerprint density at radius 3 is 1.78 bits per heavy atom. The largest absolute Gasteiger partial charge is 0.423 e. The third-order valence-electron chi connectivity index (χ3n) is 2.11. The number of rotatable bonds is 3. The van der Waals surface area contributed by atoms with E-state index in [0.29, 0.717) is 0 Å². The number of hydrogen-bond donors (Lipinski definition) is 0. The first kappa shape index (κ1) is 14.5. The Bertz CT molecular complexity index is 426. The minimum absolute atomic E-state index is 0.162. The van der Waals surface area contributed by atoms with E-state index in [4.69, 9.17) is 0 Å². The van der Waals surface area contributed by atoms with Crippen molar-refractivity contribution in [3.63, 3.8) is 0 Å². The van der Waals surface area contributed by atoms with Crippen LogP contribution < -0.4 is 0 Å². The smallest absolute Gasteiger partial charge is 0.201 e. The summed E-state index contributed by atoms with van der Waals surface area (Å²) in [4.78, 5) is 0. The average Bonchev–Trinajstić information content (AvgIpc) is 2.13. The molecule has 18 heavy (non-hydrogen) atoms. The van der Waals surface area contributed by atoms with Gasteiger partial charge >= 0.3 is 6.18 Å². The first-order chi connectivity index (χ1) is 8.14. The summed E-state index contributed by atoms with van der Waals surface area (Å²) in [5.41, 5.74) is -3.25. The van der Waals surface area contributed by atoms with Gasteiger partial charge in [0.05, 0.1) is 0 Å². The highest BCUT2D eigenvalue weighted by atomic mass is 19.4. The van der Waals surface area contributed by atoms with E-state index in [1.54, 1.807) is 0 Å². The lowest BCUT2D eigenvalue weighted by molar-refractivity contribution is -0.134. The van der Waals surface area contributed by atoms with Crippen molar-refractivity contribution in [3.8, 4) is 0 Å². The Balaban J connectivity index is 3.09. The summed E-state index contributed by atoms with van der Waals surface area (Å²) in [6.45, 7) is 0. The van der Waals surface area contributed by atoms with Gasteiger partial charge in [0, 0.05) is 6.42 Å². The maximum atomic E-state index is 13.3. The first-order valence-electron chi connectivity index (χ1n) is 4.69. The molecule has 0 atom stereocenters. The standard InChI is InChI=1S/C11H7F7/c12-9(13)8(11(16,17)18)10(14,15)6-7-4-2-1-3-5-7/h1-5H,6H2. The van der Waals surface area contributed by atoms with Crippen LogP contribution in [0.2, 0.25) is 0 Å². The van der Waals surface area contributed by atoms with Crippen LogP contribution in [0.25, 0.3) is 0 Å². The van der Waals surface area contributed by atoms with Gasteiger partial charge < -0.3 is 0 Å². The Labute approximate surface area is 97.7 Å². The van der Waals surface area contributed by atoms with Crippen molar-refractivity contribution in [3.05, 3.63) is 47.5 Å². The van der Waals surface area contributed by atoms with Crippen molar-refractivity contribution in [2.24, 2.45) is 0 Å². The zero-order valence-corrected chi connectivity index (χ0v) is 8.74. The van der Waals surface area contributed by atoms with Gasteiger partial charge in [0.15, 0.2) is 5.57 Å². The first-order valence-corrected chi connectivity index (χ1v) is 4.69. The normalized spacial score (nSPS) is 12.4. The molecule has 0 saturated carbocycles. The fourth-order valence-corrected chi connectivity index (χ4v) is 1.39. The van der Waals surface area contributed by atoms with Crippen LogP contribution in [-0.2, 0) is 6.42 Å². The van der Waals surface area contributed by atoms with E-state index in [2.05, 4.69) is 0 Å². The molecule has 0 aliphatic heterocycles. The third kappa shape index (κ3) is 3.48. The molecule has 1 aromatic rings. The van der Waals surface area contributed by atoms with Gasteiger partial charge in [0.2, 0.25) is 0 Å². The van der Waals surface area contributed by atoms with Crippen molar-refractivity contribution >= 4 is 0 Å². The summed E-state index contributed by atoms with van der Waals surface area (Å²) in [5.74, 6) is -4.67. The van der Waals surface area contributed by atoms with Crippen LogP contribution in [0.4, 0.5) is 30.7 Å². The number of allylic oxidation sites excluding steroid dienone is 1. The molecule has 100 valence electrons. The summed E-state index contributed by atoms with van der Waals surface area (Å²) in [6, 6.07) is 6.40. The SMILES string of the molecule is FC(F)=C(C(F)(F)F)C(F)(F)Cc1ccccc1. The second kappa shape index (κ2) is 4.99. The molecule has 0 aromatic heterocycles. The van der Waals surface area contributed by atoms with Crippen molar-refractivity contribution in [1.82, 2.24) is 0 Å². The Morgan fingerprint density at radius 1 is 0.889 bits per heavy atom. The van der Waals surface area contributed by atoms with Crippen LogP contribution in [0.3, 0.4) is 0 Å². The second-order valence-electron chi connectivity index (χ2n) is 3.50. The van der Waals surface area contributed by atoms with Crippen molar-refractivity contribution < 1.29 is 30.7 Å². The monoisotopic (exact) mass is 272 g/mol. The van der Waals surface area contributed by atoms with Gasteiger partial charge in [-0.25, -0.2) is 8.78 Å². The Morgan fingerprint density at radius 2 is 1.39 bits per heavy atom. The number of hydrogen-bond acceptors (Lipinski definition) is 0. The molecular weight excluding hydrogens is 265 g/mol. The van der Waals surface area contributed by atoms with E-state index in [1.165, 1.54) is 18.2 Å². The van der Waals surface area contributed by atoms with Crippen molar-refractivity contribution in [2.45, 2.75) is 18.5 Å². The quantitative estimate of drug-likeness (QED) is 0.707. The molecule has 0 bridgehead atoms. The van der Waals surface area contributed by atoms with Gasteiger partial charge in [-0.3, -0.25) is 0 Å². The molecule has 0 nitrogen and oxygen atoms in total. The van der Waals surface area contributed by atoms with Gasteiger partial charge in [-0.05, 0) is 5.56 Å². The maximum absolute atomic E-state index is 13.3. The summed E-state index contributed by atoms with van der Waals surface area (Å²) < 4.78 is 87.1. The molecule has 0 radical (unpaired) electrons. The van der Waals surface area contributed by atoms with Crippen LogP contribution in [0.15, 0.2) is 42.0 Å². The molecule has 0 spiro atoms. The summed E-state index contributed by atoms with van der Waals surface area (Å²) in [7, 11) is 0. The highest BCUT2D eigenvalue weighted by Gasteiger charge is 2.53. The van der Waals surface area contributed by atoms with Crippen molar-refractivity contribution in [2.75, 3.05) is 0 Å². The highest BCUT2D eigenvalue weighted by Crippen LogP contribution is 2.42. The van der Waals surface area contributed by atoms with Crippen LogP contribution in [0.1, 0.15) is 5.56 Å². The van der Waals surface area contributed by atoms with E-state index in [9.17, 15) is 30.7 Å². The average molecular weight is 272 g/mol. The summed E-state index contributed by atoms with van der Waals surface area (Å²) in [6.07, 6.45) is -10.6. The molecule has 0 fully saturated rings. The zero-order valence-electron chi connectivity index (χ0n) is 8.74. The predicted octanol–water partition coefficient (Wildman–Crippen LogP) is 4.58. The summed E-state index contributed by atoms with van der Waals surface area (Å²) >= 11 is 0. The number of halogens is 7. The van der Waals surface area contributed by atoms with Gasteiger partial charge in [-0.1, -0.05) is 30.3 Å². The zero-order chi connectivity index (χ0) is 14.0. The molecule has 0 unspecified atom stereocenters.